The van der Waals surface area contributed by atoms with Crippen molar-refractivity contribution in [2.24, 2.45) is 0 Å². The summed E-state index contributed by atoms with van der Waals surface area (Å²) in [4.78, 5) is 26.7. The Morgan fingerprint density at radius 1 is 1.17 bits per heavy atom. The van der Waals surface area contributed by atoms with Crippen molar-refractivity contribution >= 4 is 35.1 Å². The van der Waals surface area contributed by atoms with E-state index in [9.17, 15) is 14.0 Å². The van der Waals surface area contributed by atoms with Crippen molar-refractivity contribution in [1.82, 2.24) is 5.32 Å². The maximum absolute atomic E-state index is 14.5. The Bertz CT molecular complexity index is 1300. The van der Waals surface area contributed by atoms with Crippen molar-refractivity contribution < 1.29 is 23.5 Å². The van der Waals surface area contributed by atoms with Gasteiger partial charge in [0.25, 0.3) is 0 Å². The summed E-state index contributed by atoms with van der Waals surface area (Å²) in [6.07, 6.45) is 0.00531. The topological polar surface area (TPSA) is 79.9 Å². The smallest absolute Gasteiger partial charge is 0.414 e. The third-order valence-corrected chi connectivity index (χ3v) is 7.24. The molecule has 0 saturated carbocycles. The molecule has 0 radical (unpaired) electrons. The number of methoxy groups -OCH3 is 1. The van der Waals surface area contributed by atoms with Crippen LogP contribution in [0.3, 0.4) is 0 Å². The van der Waals surface area contributed by atoms with Gasteiger partial charge in [0.15, 0.2) is 0 Å². The van der Waals surface area contributed by atoms with Crippen molar-refractivity contribution in [3.8, 4) is 16.9 Å². The summed E-state index contributed by atoms with van der Waals surface area (Å²) < 4.78 is 25.3. The minimum atomic E-state index is -0.392. The first-order valence-corrected chi connectivity index (χ1v) is 12.7. The van der Waals surface area contributed by atoms with Gasteiger partial charge in [-0.15, -0.1) is 11.8 Å². The third kappa shape index (κ3) is 5.32. The number of fused-ring (bicyclic) bond motifs is 1. The van der Waals surface area contributed by atoms with Gasteiger partial charge in [-0.2, -0.15) is 0 Å². The van der Waals surface area contributed by atoms with Crippen LogP contribution in [0.5, 0.6) is 5.75 Å². The highest BCUT2D eigenvalue weighted by molar-refractivity contribution is 8.00. The highest BCUT2D eigenvalue weighted by atomic mass is 32.2. The number of carbonyl (C=O) groups is 2. The number of hydrogen-bond donors (Lipinski definition) is 2. The summed E-state index contributed by atoms with van der Waals surface area (Å²) in [6, 6.07) is 18.0. The van der Waals surface area contributed by atoms with E-state index in [1.54, 1.807) is 18.1 Å². The first-order chi connectivity index (χ1) is 17.5. The zero-order valence-electron chi connectivity index (χ0n) is 19.8. The molecule has 1 fully saturated rings. The number of hydrogen-bond acceptors (Lipinski definition) is 6. The fraction of sp³-hybridized carbons (Fsp3) is 0.259. The number of benzene rings is 3. The SMILES string of the molecule is COc1cccc(-c2cc(CNCC[C@@H]3CN(c4ccc5c(c4)NC(=O)CS5)C(=O)O3)ccc2F)c1. The summed E-state index contributed by atoms with van der Waals surface area (Å²) in [5.74, 6) is 0.738. The molecule has 0 unspecified atom stereocenters. The molecule has 0 spiro atoms. The highest BCUT2D eigenvalue weighted by Crippen LogP contribution is 2.35. The standard InChI is InChI=1S/C27H26FN3O4S/c1-34-20-4-2-3-18(12-20)22-11-17(5-7-23(22)28)14-29-10-9-21-15-31(27(33)35-21)19-6-8-25-24(13-19)30-26(32)16-36-25/h2-8,11-13,21,29H,9-10,14-16H2,1H3,(H,30,32)/t21-/m1/s1. The average Bonchev–Trinajstić information content (AvgIpc) is 3.27. The van der Waals surface area contributed by atoms with Crippen molar-refractivity contribution in [1.29, 1.82) is 0 Å². The van der Waals surface area contributed by atoms with Crippen molar-refractivity contribution in [2.45, 2.75) is 24.0 Å². The molecule has 3 aromatic carbocycles. The number of halogens is 1. The molecule has 2 aliphatic heterocycles. The highest BCUT2D eigenvalue weighted by Gasteiger charge is 2.32. The molecule has 1 atom stereocenters. The number of nitrogens with zero attached hydrogens (tertiary/aromatic N) is 1. The molecule has 1 saturated heterocycles. The van der Waals surface area contributed by atoms with Gasteiger partial charge < -0.3 is 20.1 Å². The van der Waals surface area contributed by atoms with E-state index in [2.05, 4.69) is 10.6 Å². The molecular formula is C27H26FN3O4S. The Labute approximate surface area is 213 Å². The molecule has 2 N–H and O–H groups in total. The van der Waals surface area contributed by atoms with Gasteiger partial charge >= 0.3 is 6.09 Å². The summed E-state index contributed by atoms with van der Waals surface area (Å²) >= 11 is 1.48. The fourth-order valence-electron chi connectivity index (χ4n) is 4.31. The first-order valence-electron chi connectivity index (χ1n) is 11.7. The second-order valence-corrected chi connectivity index (χ2v) is 9.66. The predicted molar refractivity (Wildman–Crippen MR) is 138 cm³/mol. The first kappa shape index (κ1) is 24.1. The van der Waals surface area contributed by atoms with Crippen molar-refractivity contribution in [3.63, 3.8) is 0 Å². The van der Waals surface area contributed by atoms with Gasteiger partial charge in [0, 0.05) is 22.7 Å². The second-order valence-electron chi connectivity index (χ2n) is 8.65. The molecular weight excluding hydrogens is 481 g/mol. The maximum atomic E-state index is 14.5. The van der Waals surface area contributed by atoms with Crippen LogP contribution in [0.4, 0.5) is 20.6 Å². The molecule has 9 heteroatoms. The van der Waals surface area contributed by atoms with E-state index in [1.165, 1.54) is 17.8 Å². The van der Waals surface area contributed by atoms with E-state index in [1.807, 2.05) is 48.5 Å². The quantitative estimate of drug-likeness (QED) is 0.416. The minimum Gasteiger partial charge on any atom is -0.497 e. The monoisotopic (exact) mass is 507 g/mol. The lowest BCUT2D eigenvalue weighted by Gasteiger charge is -2.20. The van der Waals surface area contributed by atoms with Gasteiger partial charge in [-0.05, 0) is 66.6 Å². The van der Waals surface area contributed by atoms with Crippen LogP contribution in [0, 0.1) is 5.82 Å². The van der Waals surface area contributed by atoms with E-state index in [0.717, 1.165) is 21.7 Å². The van der Waals surface area contributed by atoms with Gasteiger partial charge in [0.05, 0.1) is 25.1 Å². The molecule has 0 aromatic heterocycles. The Balaban J connectivity index is 1.15. The lowest BCUT2D eigenvalue weighted by atomic mass is 10.0. The average molecular weight is 508 g/mol. The lowest BCUT2D eigenvalue weighted by molar-refractivity contribution is -0.113. The summed E-state index contributed by atoms with van der Waals surface area (Å²) in [5, 5.41) is 6.21. The van der Waals surface area contributed by atoms with Crippen LogP contribution in [0.25, 0.3) is 11.1 Å². The molecule has 186 valence electrons. The predicted octanol–water partition coefficient (Wildman–Crippen LogP) is 5.05. The second kappa shape index (κ2) is 10.6. The molecule has 36 heavy (non-hydrogen) atoms. The normalized spacial score (nSPS) is 16.9. The van der Waals surface area contributed by atoms with Crippen LogP contribution in [-0.4, -0.2) is 44.1 Å². The van der Waals surface area contributed by atoms with Crippen LogP contribution in [0.1, 0.15) is 12.0 Å². The Kier molecular flexibility index (Phi) is 7.11. The largest absolute Gasteiger partial charge is 0.497 e. The number of amides is 2. The van der Waals surface area contributed by atoms with Crippen LogP contribution >= 0.6 is 11.8 Å². The number of carbonyl (C=O) groups excluding carboxylic acids is 2. The van der Waals surface area contributed by atoms with Crippen LogP contribution in [-0.2, 0) is 16.1 Å². The van der Waals surface area contributed by atoms with Gasteiger partial charge in [-0.25, -0.2) is 9.18 Å². The zero-order chi connectivity index (χ0) is 25.1. The number of cyclic esters (lactones) is 1. The molecule has 0 aliphatic carbocycles. The Hall–Kier alpha value is -3.56. The summed E-state index contributed by atoms with van der Waals surface area (Å²) in [6.45, 7) is 1.63. The van der Waals surface area contributed by atoms with Crippen molar-refractivity contribution in [2.75, 3.05) is 36.2 Å². The van der Waals surface area contributed by atoms with Crippen LogP contribution < -0.4 is 20.3 Å². The van der Waals surface area contributed by atoms with Crippen LogP contribution in [0.2, 0.25) is 0 Å². The number of rotatable bonds is 8. The molecule has 7 nitrogen and oxygen atoms in total. The molecule has 5 rings (SSSR count). The van der Waals surface area contributed by atoms with E-state index in [0.29, 0.717) is 48.8 Å². The number of ether oxygens (including phenoxy) is 2. The van der Waals surface area contributed by atoms with E-state index in [-0.39, 0.29) is 17.8 Å². The Morgan fingerprint density at radius 3 is 2.92 bits per heavy atom. The van der Waals surface area contributed by atoms with Gasteiger partial charge in [-0.1, -0.05) is 18.2 Å². The number of nitrogens with one attached hydrogen (secondary N) is 2. The maximum Gasteiger partial charge on any atom is 0.414 e. The minimum absolute atomic E-state index is 0.0469. The zero-order valence-corrected chi connectivity index (χ0v) is 20.6. The van der Waals surface area contributed by atoms with Crippen LogP contribution in [0.15, 0.2) is 65.6 Å². The van der Waals surface area contributed by atoms with E-state index in [4.69, 9.17) is 9.47 Å². The van der Waals surface area contributed by atoms with E-state index >= 15 is 0 Å². The molecule has 2 aliphatic rings. The van der Waals surface area contributed by atoms with Gasteiger partial charge in [0.2, 0.25) is 5.91 Å². The molecule has 0 bridgehead atoms. The number of thioether (sulfide) groups is 1. The molecule has 3 aromatic rings. The summed E-state index contributed by atoms with van der Waals surface area (Å²) in [7, 11) is 1.59. The van der Waals surface area contributed by atoms with E-state index < -0.39 is 6.09 Å². The lowest BCUT2D eigenvalue weighted by Crippen LogP contribution is -2.26. The fourth-order valence-corrected chi connectivity index (χ4v) is 5.10. The Morgan fingerprint density at radius 2 is 2.06 bits per heavy atom. The van der Waals surface area contributed by atoms with Gasteiger partial charge in [-0.3, -0.25) is 9.69 Å². The molecule has 2 amide bonds. The number of anilines is 2. The molecule has 2 heterocycles. The summed E-state index contributed by atoms with van der Waals surface area (Å²) in [5.41, 5.74) is 3.65. The van der Waals surface area contributed by atoms with Gasteiger partial charge in [0.1, 0.15) is 17.7 Å². The van der Waals surface area contributed by atoms with Crippen molar-refractivity contribution in [3.05, 3.63) is 72.0 Å². The third-order valence-electron chi connectivity index (χ3n) is 6.17.